The van der Waals surface area contributed by atoms with Crippen LogP contribution in [0.15, 0.2) is 21.4 Å². The van der Waals surface area contributed by atoms with E-state index in [1.54, 1.807) is 6.07 Å². The van der Waals surface area contributed by atoms with Crippen LogP contribution >= 0.6 is 28.3 Å². The molecule has 6 heteroatoms. The standard InChI is InChI=1S/C11H17BrN2O2.ClH/c1-2-3-4-9(6-13)14-11(15)8-5-10(12)16-7-8;/h5,7,9H,2-4,6,13H2,1H3,(H,14,15);1H. The first-order valence-electron chi connectivity index (χ1n) is 5.42. The Kier molecular flexibility index (Phi) is 8.29. The third kappa shape index (κ3) is 5.57. The number of carbonyl (C=O) groups is 1. The Balaban J connectivity index is 0.00000256. The molecule has 17 heavy (non-hydrogen) atoms. The largest absolute Gasteiger partial charge is 0.457 e. The van der Waals surface area contributed by atoms with Crippen LogP contribution in [0.2, 0.25) is 0 Å². The summed E-state index contributed by atoms with van der Waals surface area (Å²) in [5, 5.41) is 2.89. The number of nitrogens with one attached hydrogen (secondary N) is 1. The minimum Gasteiger partial charge on any atom is -0.457 e. The van der Waals surface area contributed by atoms with Crippen LogP contribution in [0, 0.1) is 0 Å². The predicted molar refractivity (Wildman–Crippen MR) is 73.5 cm³/mol. The molecule has 0 spiro atoms. The van der Waals surface area contributed by atoms with Crippen LogP contribution in [-0.2, 0) is 0 Å². The van der Waals surface area contributed by atoms with Crippen LogP contribution in [0.3, 0.4) is 0 Å². The van der Waals surface area contributed by atoms with Gasteiger partial charge in [-0.3, -0.25) is 4.79 Å². The van der Waals surface area contributed by atoms with Crippen LogP contribution in [-0.4, -0.2) is 18.5 Å². The summed E-state index contributed by atoms with van der Waals surface area (Å²) >= 11 is 3.15. The molecule has 1 aromatic heterocycles. The Hall–Kier alpha value is -0.520. The lowest BCUT2D eigenvalue weighted by Crippen LogP contribution is -2.40. The molecule has 0 saturated heterocycles. The van der Waals surface area contributed by atoms with Crippen molar-refractivity contribution < 1.29 is 9.21 Å². The summed E-state index contributed by atoms with van der Waals surface area (Å²) in [4.78, 5) is 11.7. The normalized spacial score (nSPS) is 11.7. The van der Waals surface area contributed by atoms with Gasteiger partial charge in [0.15, 0.2) is 4.67 Å². The van der Waals surface area contributed by atoms with E-state index in [2.05, 4.69) is 28.2 Å². The molecule has 98 valence electrons. The molecule has 0 aliphatic heterocycles. The van der Waals surface area contributed by atoms with Crippen LogP contribution in [0.25, 0.3) is 0 Å². The van der Waals surface area contributed by atoms with Crippen molar-refractivity contribution >= 4 is 34.2 Å². The quantitative estimate of drug-likeness (QED) is 0.845. The number of hydrogen-bond acceptors (Lipinski definition) is 3. The van der Waals surface area contributed by atoms with E-state index >= 15 is 0 Å². The van der Waals surface area contributed by atoms with E-state index in [1.807, 2.05) is 0 Å². The number of furan rings is 1. The van der Waals surface area contributed by atoms with E-state index in [1.165, 1.54) is 6.26 Å². The molecule has 3 N–H and O–H groups in total. The molecule has 1 aromatic rings. The van der Waals surface area contributed by atoms with E-state index in [0.29, 0.717) is 16.8 Å². The summed E-state index contributed by atoms with van der Waals surface area (Å²) in [5.74, 6) is -0.138. The van der Waals surface area contributed by atoms with Gasteiger partial charge in [-0.15, -0.1) is 12.4 Å². The van der Waals surface area contributed by atoms with Crippen molar-refractivity contribution in [3.05, 3.63) is 22.6 Å². The molecule has 1 heterocycles. The number of amides is 1. The van der Waals surface area contributed by atoms with E-state index in [9.17, 15) is 4.79 Å². The number of carbonyl (C=O) groups excluding carboxylic acids is 1. The van der Waals surface area contributed by atoms with Crippen molar-refractivity contribution in [2.75, 3.05) is 6.54 Å². The lowest BCUT2D eigenvalue weighted by atomic mass is 10.1. The zero-order valence-electron chi connectivity index (χ0n) is 9.74. The highest BCUT2D eigenvalue weighted by atomic mass is 79.9. The first-order chi connectivity index (χ1) is 7.67. The van der Waals surface area contributed by atoms with Crippen LogP contribution in [0.5, 0.6) is 0 Å². The molecule has 4 nitrogen and oxygen atoms in total. The summed E-state index contributed by atoms with van der Waals surface area (Å²) in [7, 11) is 0. The van der Waals surface area contributed by atoms with E-state index in [4.69, 9.17) is 10.2 Å². The number of nitrogens with two attached hydrogens (primary N) is 1. The molecule has 0 saturated carbocycles. The van der Waals surface area contributed by atoms with Crippen LogP contribution in [0.4, 0.5) is 0 Å². The first-order valence-corrected chi connectivity index (χ1v) is 6.21. The summed E-state index contributed by atoms with van der Waals surface area (Å²) in [6.45, 7) is 2.58. The van der Waals surface area contributed by atoms with Gasteiger partial charge in [-0.2, -0.15) is 0 Å². The fourth-order valence-corrected chi connectivity index (χ4v) is 1.74. The van der Waals surface area contributed by atoms with Crippen molar-refractivity contribution in [1.82, 2.24) is 5.32 Å². The Morgan fingerprint density at radius 1 is 1.65 bits per heavy atom. The van der Waals surface area contributed by atoms with Gasteiger partial charge < -0.3 is 15.5 Å². The highest BCUT2D eigenvalue weighted by molar-refractivity contribution is 9.10. The molecule has 0 aromatic carbocycles. The molecule has 0 fully saturated rings. The second-order valence-electron chi connectivity index (χ2n) is 3.69. The summed E-state index contributed by atoms with van der Waals surface area (Å²) < 4.78 is 5.56. The summed E-state index contributed by atoms with van der Waals surface area (Å²) in [6.07, 6.45) is 4.51. The average Bonchev–Trinajstić information content (AvgIpc) is 2.70. The third-order valence-electron chi connectivity index (χ3n) is 2.36. The first kappa shape index (κ1) is 16.5. The predicted octanol–water partition coefficient (Wildman–Crippen LogP) is 2.71. The van der Waals surface area contributed by atoms with Crippen LogP contribution in [0.1, 0.15) is 36.5 Å². The Labute approximate surface area is 116 Å². The van der Waals surface area contributed by atoms with Gasteiger partial charge in [-0.05, 0) is 22.4 Å². The number of halogens is 2. The van der Waals surface area contributed by atoms with E-state index in [-0.39, 0.29) is 24.4 Å². The van der Waals surface area contributed by atoms with Crippen molar-refractivity contribution in [3.8, 4) is 0 Å². The lowest BCUT2D eigenvalue weighted by molar-refractivity contribution is 0.0935. The van der Waals surface area contributed by atoms with E-state index < -0.39 is 0 Å². The molecule has 1 rings (SSSR count). The summed E-state index contributed by atoms with van der Waals surface area (Å²) in [5.41, 5.74) is 6.11. The maximum Gasteiger partial charge on any atom is 0.254 e. The van der Waals surface area contributed by atoms with Gasteiger partial charge in [0.25, 0.3) is 5.91 Å². The van der Waals surface area contributed by atoms with Gasteiger partial charge in [-0.25, -0.2) is 0 Å². The highest BCUT2D eigenvalue weighted by Gasteiger charge is 2.13. The van der Waals surface area contributed by atoms with Gasteiger partial charge in [0.2, 0.25) is 0 Å². The molecular weight excluding hydrogens is 307 g/mol. The van der Waals surface area contributed by atoms with Gasteiger partial charge in [0.1, 0.15) is 6.26 Å². The topological polar surface area (TPSA) is 68.3 Å². The van der Waals surface area contributed by atoms with Gasteiger partial charge in [0, 0.05) is 18.7 Å². The number of hydrogen-bond donors (Lipinski definition) is 2. The molecule has 1 amide bonds. The fraction of sp³-hybridized carbons (Fsp3) is 0.545. The average molecular weight is 326 g/mol. The maximum atomic E-state index is 11.7. The lowest BCUT2D eigenvalue weighted by Gasteiger charge is -2.15. The second-order valence-corrected chi connectivity index (χ2v) is 4.47. The Morgan fingerprint density at radius 3 is 2.82 bits per heavy atom. The van der Waals surface area contributed by atoms with Gasteiger partial charge >= 0.3 is 0 Å². The SMILES string of the molecule is CCCCC(CN)NC(=O)c1coc(Br)c1.Cl. The highest BCUT2D eigenvalue weighted by Crippen LogP contribution is 2.14. The van der Waals surface area contributed by atoms with E-state index in [0.717, 1.165) is 19.3 Å². The Morgan fingerprint density at radius 2 is 2.35 bits per heavy atom. The zero-order chi connectivity index (χ0) is 12.0. The van der Waals surface area contributed by atoms with Crippen molar-refractivity contribution in [2.24, 2.45) is 5.73 Å². The molecule has 0 aliphatic carbocycles. The third-order valence-corrected chi connectivity index (χ3v) is 2.77. The number of rotatable bonds is 6. The second kappa shape index (κ2) is 8.55. The molecule has 0 bridgehead atoms. The van der Waals surface area contributed by atoms with Crippen LogP contribution < -0.4 is 11.1 Å². The molecule has 1 unspecified atom stereocenters. The molecule has 0 radical (unpaired) electrons. The summed E-state index contributed by atoms with van der Waals surface area (Å²) in [6, 6.07) is 1.68. The fourth-order valence-electron chi connectivity index (χ4n) is 1.40. The Bertz CT molecular complexity index is 344. The van der Waals surface area contributed by atoms with Crippen molar-refractivity contribution in [2.45, 2.75) is 32.2 Å². The zero-order valence-corrected chi connectivity index (χ0v) is 12.1. The minimum atomic E-state index is -0.138. The smallest absolute Gasteiger partial charge is 0.254 e. The minimum absolute atomic E-state index is 0. The van der Waals surface area contributed by atoms with Crippen molar-refractivity contribution in [3.63, 3.8) is 0 Å². The maximum absolute atomic E-state index is 11.7. The molecule has 0 aliphatic rings. The molecular formula is C11H18BrClN2O2. The monoisotopic (exact) mass is 324 g/mol. The molecule has 1 atom stereocenters. The van der Waals surface area contributed by atoms with Gasteiger partial charge in [-0.1, -0.05) is 19.8 Å². The number of unbranched alkanes of at least 4 members (excludes halogenated alkanes) is 1. The van der Waals surface area contributed by atoms with Gasteiger partial charge in [0.05, 0.1) is 5.56 Å². The van der Waals surface area contributed by atoms with Crippen molar-refractivity contribution in [1.29, 1.82) is 0 Å².